The molecular formula is C19H23N3O4S. The molecule has 1 aliphatic carbocycles. The summed E-state index contributed by atoms with van der Waals surface area (Å²) in [6, 6.07) is 10.1. The van der Waals surface area contributed by atoms with E-state index in [1.807, 2.05) is 13.0 Å². The van der Waals surface area contributed by atoms with Crippen molar-refractivity contribution >= 4 is 21.4 Å². The number of rotatable bonds is 6. The second-order valence-electron chi connectivity index (χ2n) is 6.74. The summed E-state index contributed by atoms with van der Waals surface area (Å²) in [5.74, 6) is 0. The predicted octanol–water partition coefficient (Wildman–Crippen LogP) is 3.55. The fourth-order valence-electron chi connectivity index (χ4n) is 3.41. The summed E-state index contributed by atoms with van der Waals surface area (Å²) in [5.41, 5.74) is 3.80. The highest BCUT2D eigenvalue weighted by Crippen LogP contribution is 2.32. The molecule has 1 aliphatic rings. The summed E-state index contributed by atoms with van der Waals surface area (Å²) in [6.45, 7) is 1.94. The Bertz CT molecular complexity index is 973. The largest absolute Gasteiger partial charge is 0.373 e. The Morgan fingerprint density at radius 1 is 1.07 bits per heavy atom. The molecule has 1 unspecified atom stereocenters. The van der Waals surface area contributed by atoms with E-state index in [4.69, 9.17) is 0 Å². The molecule has 0 aromatic heterocycles. The van der Waals surface area contributed by atoms with Crippen LogP contribution in [0.1, 0.15) is 42.5 Å². The minimum Gasteiger partial charge on any atom is -0.373 e. The van der Waals surface area contributed by atoms with Crippen molar-refractivity contribution in [2.24, 2.45) is 0 Å². The van der Waals surface area contributed by atoms with Crippen LogP contribution in [0.3, 0.4) is 0 Å². The van der Waals surface area contributed by atoms with Gasteiger partial charge >= 0.3 is 0 Å². The molecule has 1 atom stereocenters. The van der Waals surface area contributed by atoms with E-state index >= 15 is 0 Å². The van der Waals surface area contributed by atoms with Crippen molar-refractivity contribution in [1.29, 1.82) is 0 Å². The van der Waals surface area contributed by atoms with Gasteiger partial charge in [-0.15, -0.1) is 0 Å². The lowest BCUT2D eigenvalue weighted by atomic mass is 9.89. The van der Waals surface area contributed by atoms with Crippen molar-refractivity contribution in [3.8, 4) is 0 Å². The number of sulfonamides is 1. The van der Waals surface area contributed by atoms with Gasteiger partial charge in [0.2, 0.25) is 10.0 Å². The monoisotopic (exact) mass is 389 g/mol. The van der Waals surface area contributed by atoms with Crippen LogP contribution >= 0.6 is 0 Å². The number of nitrogens with one attached hydrogen (secondary N) is 2. The van der Waals surface area contributed by atoms with E-state index in [-0.39, 0.29) is 16.6 Å². The molecule has 0 radical (unpaired) electrons. The number of nitro benzene ring substituents is 1. The smallest absolute Gasteiger partial charge is 0.293 e. The standard InChI is InChI=1S/C19H23N3O4S/c1-13(15-8-7-14-5-3-4-6-16(14)11-15)21-18-10-9-17(27(25,26)20-2)12-19(18)22(23)24/h7-13,20-21H,3-6H2,1-2H3. The summed E-state index contributed by atoms with van der Waals surface area (Å²) < 4.78 is 26.0. The maximum atomic E-state index is 11.9. The van der Waals surface area contributed by atoms with E-state index in [1.165, 1.54) is 43.1 Å². The van der Waals surface area contributed by atoms with E-state index in [1.54, 1.807) is 0 Å². The predicted molar refractivity (Wildman–Crippen MR) is 104 cm³/mol. The zero-order chi connectivity index (χ0) is 19.6. The van der Waals surface area contributed by atoms with Crippen LogP contribution in [0.25, 0.3) is 0 Å². The van der Waals surface area contributed by atoms with Gasteiger partial charge in [0.25, 0.3) is 5.69 Å². The third kappa shape index (κ3) is 4.12. The van der Waals surface area contributed by atoms with Gasteiger partial charge in [0, 0.05) is 12.1 Å². The molecule has 0 aliphatic heterocycles. The van der Waals surface area contributed by atoms with Crippen LogP contribution in [-0.4, -0.2) is 20.4 Å². The van der Waals surface area contributed by atoms with Crippen molar-refractivity contribution in [1.82, 2.24) is 4.72 Å². The van der Waals surface area contributed by atoms with Gasteiger partial charge in [0.1, 0.15) is 5.69 Å². The molecule has 144 valence electrons. The van der Waals surface area contributed by atoms with Crippen molar-refractivity contribution in [3.05, 3.63) is 63.2 Å². The quantitative estimate of drug-likeness (QED) is 0.581. The van der Waals surface area contributed by atoms with E-state index in [2.05, 4.69) is 22.2 Å². The van der Waals surface area contributed by atoms with Gasteiger partial charge in [0.05, 0.1) is 9.82 Å². The van der Waals surface area contributed by atoms with Crippen molar-refractivity contribution in [2.75, 3.05) is 12.4 Å². The SMILES string of the molecule is CNS(=O)(=O)c1ccc(NC(C)c2ccc3c(c2)CCCC3)c([N+](=O)[O-])c1. The first-order valence-corrected chi connectivity index (χ1v) is 10.4. The van der Waals surface area contributed by atoms with Crippen LogP contribution in [0.4, 0.5) is 11.4 Å². The summed E-state index contributed by atoms with van der Waals surface area (Å²) in [6.07, 6.45) is 4.57. The zero-order valence-electron chi connectivity index (χ0n) is 15.4. The Kier molecular flexibility index (Phi) is 5.48. The first kappa shape index (κ1) is 19.3. The minimum absolute atomic E-state index is 0.135. The van der Waals surface area contributed by atoms with Crippen LogP contribution in [0.15, 0.2) is 41.3 Å². The van der Waals surface area contributed by atoms with E-state index < -0.39 is 14.9 Å². The number of hydrogen-bond acceptors (Lipinski definition) is 5. The normalized spacial score (nSPS) is 15.0. The van der Waals surface area contributed by atoms with E-state index in [0.29, 0.717) is 5.69 Å². The molecule has 2 aromatic rings. The highest BCUT2D eigenvalue weighted by molar-refractivity contribution is 7.89. The molecule has 8 heteroatoms. The first-order valence-electron chi connectivity index (χ1n) is 8.92. The summed E-state index contributed by atoms with van der Waals surface area (Å²) in [5, 5.41) is 14.6. The maximum absolute atomic E-state index is 11.9. The second-order valence-corrected chi connectivity index (χ2v) is 8.63. The fourth-order valence-corrected chi connectivity index (χ4v) is 4.16. The molecule has 0 amide bonds. The van der Waals surface area contributed by atoms with Crippen LogP contribution < -0.4 is 10.0 Å². The average molecular weight is 389 g/mol. The lowest BCUT2D eigenvalue weighted by Crippen LogP contribution is -2.19. The Labute approximate surface area is 159 Å². The molecular weight excluding hydrogens is 366 g/mol. The molecule has 2 aromatic carbocycles. The van der Waals surface area contributed by atoms with Gasteiger partial charge in [-0.3, -0.25) is 10.1 Å². The number of nitro groups is 1. The molecule has 3 rings (SSSR count). The molecule has 0 fully saturated rings. The van der Waals surface area contributed by atoms with E-state index in [9.17, 15) is 18.5 Å². The van der Waals surface area contributed by atoms with Gasteiger partial charge < -0.3 is 5.32 Å². The summed E-state index contributed by atoms with van der Waals surface area (Å²) in [4.78, 5) is 10.7. The van der Waals surface area contributed by atoms with Crippen LogP contribution in [0, 0.1) is 10.1 Å². The van der Waals surface area contributed by atoms with Crippen molar-refractivity contribution in [2.45, 2.75) is 43.5 Å². The summed E-state index contributed by atoms with van der Waals surface area (Å²) in [7, 11) is -2.47. The number of fused-ring (bicyclic) bond motifs is 1. The van der Waals surface area contributed by atoms with E-state index in [0.717, 1.165) is 24.5 Å². The second kappa shape index (κ2) is 7.66. The molecule has 2 N–H and O–H groups in total. The minimum atomic E-state index is -3.74. The number of hydrogen-bond donors (Lipinski definition) is 2. The maximum Gasteiger partial charge on any atom is 0.293 e. The number of anilines is 1. The molecule has 27 heavy (non-hydrogen) atoms. The Morgan fingerprint density at radius 3 is 2.44 bits per heavy atom. The molecule has 0 bridgehead atoms. The third-order valence-electron chi connectivity index (χ3n) is 4.99. The zero-order valence-corrected chi connectivity index (χ0v) is 16.2. The van der Waals surface area contributed by atoms with Gasteiger partial charge in [-0.1, -0.05) is 18.2 Å². The van der Waals surface area contributed by atoms with Gasteiger partial charge in [0.15, 0.2) is 0 Å². The van der Waals surface area contributed by atoms with Crippen molar-refractivity contribution < 1.29 is 13.3 Å². The molecule has 7 nitrogen and oxygen atoms in total. The highest BCUT2D eigenvalue weighted by Gasteiger charge is 2.22. The lowest BCUT2D eigenvalue weighted by Gasteiger charge is -2.20. The van der Waals surface area contributed by atoms with Gasteiger partial charge in [-0.25, -0.2) is 13.1 Å². The molecule has 0 saturated heterocycles. The van der Waals surface area contributed by atoms with Gasteiger partial charge in [-0.05, 0) is 68.5 Å². The van der Waals surface area contributed by atoms with Crippen LogP contribution in [-0.2, 0) is 22.9 Å². The number of nitrogens with zero attached hydrogens (tertiary/aromatic N) is 1. The Hall–Kier alpha value is -2.45. The summed E-state index contributed by atoms with van der Waals surface area (Å²) >= 11 is 0. The molecule has 0 heterocycles. The average Bonchev–Trinajstić information content (AvgIpc) is 2.67. The highest BCUT2D eigenvalue weighted by atomic mass is 32.2. The number of benzene rings is 2. The van der Waals surface area contributed by atoms with Crippen LogP contribution in [0.2, 0.25) is 0 Å². The topological polar surface area (TPSA) is 101 Å². The van der Waals surface area contributed by atoms with Gasteiger partial charge in [-0.2, -0.15) is 0 Å². The number of aryl methyl sites for hydroxylation is 2. The Morgan fingerprint density at radius 2 is 1.78 bits per heavy atom. The lowest BCUT2D eigenvalue weighted by molar-refractivity contribution is -0.384. The Balaban J connectivity index is 1.89. The molecule has 0 spiro atoms. The van der Waals surface area contributed by atoms with Crippen molar-refractivity contribution in [3.63, 3.8) is 0 Å². The molecule has 0 saturated carbocycles. The third-order valence-corrected chi connectivity index (χ3v) is 6.40. The first-order chi connectivity index (χ1) is 12.8. The fraction of sp³-hybridized carbons (Fsp3) is 0.368. The van der Waals surface area contributed by atoms with Crippen LogP contribution in [0.5, 0.6) is 0 Å².